The Morgan fingerprint density at radius 3 is 1.85 bits per heavy atom. The first-order valence-electron chi connectivity index (χ1n) is 9.59. The monoisotopic (exact) mass is 368 g/mol. The summed E-state index contributed by atoms with van der Waals surface area (Å²) >= 11 is 0. The van der Waals surface area contributed by atoms with E-state index >= 15 is 0 Å². The van der Waals surface area contributed by atoms with Gasteiger partial charge in [-0.25, -0.2) is 0 Å². The van der Waals surface area contributed by atoms with E-state index in [0.717, 1.165) is 12.3 Å². The third-order valence-corrected chi connectivity index (χ3v) is 8.96. The average molecular weight is 368 g/mol. The quantitative estimate of drug-likeness (QED) is 0.700. The summed E-state index contributed by atoms with van der Waals surface area (Å²) in [5, 5.41) is 2.54. The molecule has 3 heteroatoms. The Kier molecular flexibility index (Phi) is 4.72. The summed E-state index contributed by atoms with van der Waals surface area (Å²) in [7, 11) is 0.966. The highest BCUT2D eigenvalue weighted by Crippen LogP contribution is 2.66. The SMILES string of the molecule is CO[C@@H]1C[C@H]2C[C@H](C2(C)C)[C@@]1(C)OP(c1ccccc1)c1ccccc1. The van der Waals surface area contributed by atoms with Gasteiger partial charge in [-0.2, -0.15) is 0 Å². The summed E-state index contributed by atoms with van der Waals surface area (Å²) in [6, 6.07) is 21.4. The van der Waals surface area contributed by atoms with Crippen LogP contribution in [-0.2, 0) is 9.26 Å². The van der Waals surface area contributed by atoms with Gasteiger partial charge >= 0.3 is 0 Å². The summed E-state index contributed by atoms with van der Waals surface area (Å²) < 4.78 is 13.0. The van der Waals surface area contributed by atoms with Gasteiger partial charge in [0.2, 0.25) is 0 Å². The number of fused-ring (bicyclic) bond motifs is 2. The molecule has 0 saturated heterocycles. The van der Waals surface area contributed by atoms with Gasteiger partial charge in [-0.1, -0.05) is 74.5 Å². The maximum absolute atomic E-state index is 7.08. The van der Waals surface area contributed by atoms with Crippen LogP contribution in [0.25, 0.3) is 0 Å². The number of ether oxygens (including phenoxy) is 1. The van der Waals surface area contributed by atoms with Crippen LogP contribution in [0.5, 0.6) is 0 Å². The molecule has 3 aliphatic carbocycles. The highest BCUT2D eigenvalue weighted by atomic mass is 31.1. The first-order valence-corrected chi connectivity index (χ1v) is 10.8. The van der Waals surface area contributed by atoms with Crippen LogP contribution in [-0.4, -0.2) is 18.8 Å². The molecule has 0 aliphatic heterocycles. The second-order valence-corrected chi connectivity index (χ2v) is 10.3. The molecule has 0 spiro atoms. The van der Waals surface area contributed by atoms with Crippen molar-refractivity contribution in [1.82, 2.24) is 0 Å². The van der Waals surface area contributed by atoms with Crippen molar-refractivity contribution < 1.29 is 9.26 Å². The molecule has 4 atom stereocenters. The molecular formula is C23H29O2P. The lowest BCUT2D eigenvalue weighted by Gasteiger charge is -2.66. The smallest absolute Gasteiger partial charge is 0.0999 e. The van der Waals surface area contributed by atoms with Crippen molar-refractivity contribution in [1.29, 1.82) is 0 Å². The lowest BCUT2D eigenvalue weighted by atomic mass is 9.43. The minimum absolute atomic E-state index is 0.164. The Bertz CT molecular complexity index is 706. The van der Waals surface area contributed by atoms with E-state index < -0.39 is 8.15 Å². The van der Waals surface area contributed by atoms with Crippen LogP contribution < -0.4 is 10.6 Å². The van der Waals surface area contributed by atoms with Crippen molar-refractivity contribution in [2.75, 3.05) is 7.11 Å². The molecule has 2 bridgehead atoms. The van der Waals surface area contributed by atoms with Gasteiger partial charge in [-0.15, -0.1) is 0 Å². The molecule has 2 nitrogen and oxygen atoms in total. The maximum Gasteiger partial charge on any atom is 0.0999 e. The third-order valence-electron chi connectivity index (χ3n) is 6.85. The Morgan fingerprint density at radius 2 is 1.38 bits per heavy atom. The molecule has 0 amide bonds. The zero-order valence-electron chi connectivity index (χ0n) is 16.2. The Balaban J connectivity index is 1.72. The van der Waals surface area contributed by atoms with Crippen LogP contribution in [0.15, 0.2) is 60.7 Å². The summed E-state index contributed by atoms with van der Waals surface area (Å²) in [6.45, 7) is 7.11. The van der Waals surface area contributed by atoms with Crippen LogP contribution in [0.4, 0.5) is 0 Å². The van der Waals surface area contributed by atoms with Crippen LogP contribution >= 0.6 is 8.15 Å². The maximum atomic E-state index is 7.08. The van der Waals surface area contributed by atoms with E-state index in [1.54, 1.807) is 0 Å². The first-order chi connectivity index (χ1) is 12.5. The third kappa shape index (κ3) is 2.83. The molecule has 2 aromatic carbocycles. The molecule has 3 fully saturated rings. The molecular weight excluding hydrogens is 339 g/mol. The van der Waals surface area contributed by atoms with Crippen LogP contribution in [0.2, 0.25) is 0 Å². The summed E-state index contributed by atoms with van der Waals surface area (Å²) in [5.41, 5.74) is 0.0720. The molecule has 138 valence electrons. The van der Waals surface area contributed by atoms with Crippen LogP contribution in [0.1, 0.15) is 33.6 Å². The predicted octanol–water partition coefficient (Wildman–Crippen LogP) is 4.89. The molecule has 0 unspecified atom stereocenters. The molecule has 0 N–H and O–H groups in total. The second kappa shape index (κ2) is 6.75. The minimum Gasteiger partial charge on any atom is -0.378 e. The molecule has 3 aliphatic rings. The van der Waals surface area contributed by atoms with Crippen LogP contribution in [0, 0.1) is 17.3 Å². The van der Waals surface area contributed by atoms with E-state index in [9.17, 15) is 0 Å². The van der Waals surface area contributed by atoms with E-state index in [0.29, 0.717) is 11.3 Å². The molecule has 5 rings (SSSR count). The zero-order chi connectivity index (χ0) is 18.4. The normalized spacial score (nSPS) is 32.3. The van der Waals surface area contributed by atoms with E-state index in [2.05, 4.69) is 81.4 Å². The van der Waals surface area contributed by atoms with Gasteiger partial charge in [0.05, 0.1) is 19.9 Å². The number of hydrogen-bond donors (Lipinski definition) is 0. The molecule has 26 heavy (non-hydrogen) atoms. The largest absolute Gasteiger partial charge is 0.378 e. The number of benzene rings is 2. The fourth-order valence-corrected chi connectivity index (χ4v) is 7.17. The lowest BCUT2D eigenvalue weighted by molar-refractivity contribution is -0.237. The molecule has 0 aromatic heterocycles. The van der Waals surface area contributed by atoms with Crippen molar-refractivity contribution in [2.45, 2.75) is 45.3 Å². The van der Waals surface area contributed by atoms with Gasteiger partial charge in [0.1, 0.15) is 0 Å². The van der Waals surface area contributed by atoms with Crippen molar-refractivity contribution in [3.63, 3.8) is 0 Å². The van der Waals surface area contributed by atoms with Gasteiger partial charge in [0, 0.05) is 17.7 Å². The standard InChI is InChI=1S/C23H29O2P/c1-22(2)17-15-20(22)23(3,21(16-17)24-4)25-26(18-11-7-5-8-12-18)19-13-9-6-10-14-19/h5-14,17,20-21H,15-16H2,1-4H3/t17-,20-,21-,23-/m1/s1. The molecule has 2 aromatic rings. The number of hydrogen-bond acceptors (Lipinski definition) is 2. The number of rotatable bonds is 5. The highest BCUT2D eigenvalue weighted by Gasteiger charge is 2.65. The summed E-state index contributed by atoms with van der Waals surface area (Å²) in [4.78, 5) is 0. The Hall–Kier alpha value is -1.21. The average Bonchev–Trinajstić information content (AvgIpc) is 2.67. The van der Waals surface area contributed by atoms with E-state index in [4.69, 9.17) is 9.26 Å². The van der Waals surface area contributed by atoms with E-state index in [1.807, 2.05) is 7.11 Å². The van der Waals surface area contributed by atoms with Crippen molar-refractivity contribution >= 4 is 18.8 Å². The summed E-state index contributed by atoms with van der Waals surface area (Å²) in [5.74, 6) is 1.30. The predicted molar refractivity (Wildman–Crippen MR) is 109 cm³/mol. The van der Waals surface area contributed by atoms with Gasteiger partial charge < -0.3 is 9.26 Å². The van der Waals surface area contributed by atoms with Crippen LogP contribution in [0.3, 0.4) is 0 Å². The van der Waals surface area contributed by atoms with E-state index in [1.165, 1.54) is 17.0 Å². The van der Waals surface area contributed by atoms with Gasteiger partial charge in [-0.3, -0.25) is 0 Å². The fourth-order valence-electron chi connectivity index (χ4n) is 5.14. The molecule has 3 saturated carbocycles. The Morgan fingerprint density at radius 1 is 0.846 bits per heavy atom. The first kappa shape index (κ1) is 18.2. The van der Waals surface area contributed by atoms with Gasteiger partial charge in [0.15, 0.2) is 0 Å². The minimum atomic E-state index is -0.878. The van der Waals surface area contributed by atoms with Gasteiger partial charge in [-0.05, 0) is 37.0 Å². The topological polar surface area (TPSA) is 18.5 Å². The summed E-state index contributed by atoms with van der Waals surface area (Å²) in [6.07, 6.45) is 2.52. The fraction of sp³-hybridized carbons (Fsp3) is 0.478. The van der Waals surface area contributed by atoms with Crippen molar-refractivity contribution in [3.05, 3.63) is 60.7 Å². The highest BCUT2D eigenvalue weighted by molar-refractivity contribution is 7.68. The Labute approximate surface area is 158 Å². The van der Waals surface area contributed by atoms with Crippen molar-refractivity contribution in [3.8, 4) is 0 Å². The van der Waals surface area contributed by atoms with Gasteiger partial charge in [0.25, 0.3) is 0 Å². The van der Waals surface area contributed by atoms with Crippen molar-refractivity contribution in [2.24, 2.45) is 17.3 Å². The zero-order valence-corrected chi connectivity index (χ0v) is 17.1. The second-order valence-electron chi connectivity index (χ2n) is 8.51. The lowest BCUT2D eigenvalue weighted by Crippen LogP contribution is -2.67. The molecule has 0 heterocycles. The molecule has 0 radical (unpaired) electrons. The van der Waals surface area contributed by atoms with E-state index in [-0.39, 0.29) is 11.7 Å². The number of methoxy groups -OCH3 is 1.